The molecule has 110 valence electrons. The van der Waals surface area contributed by atoms with Crippen molar-refractivity contribution in [1.82, 2.24) is 0 Å². The highest BCUT2D eigenvalue weighted by atomic mass is 35.5. The van der Waals surface area contributed by atoms with E-state index < -0.39 is 5.82 Å². The largest absolute Gasteiger partial charge is 0.324 e. The van der Waals surface area contributed by atoms with Crippen molar-refractivity contribution >= 4 is 35.0 Å². The number of thioether (sulfide) groups is 1. The first-order valence-electron chi connectivity index (χ1n) is 6.43. The predicted molar refractivity (Wildman–Crippen MR) is 87.4 cm³/mol. The molecule has 0 unspecified atom stereocenters. The van der Waals surface area contributed by atoms with Crippen molar-refractivity contribution in [2.45, 2.75) is 12.7 Å². The Balaban J connectivity index is 1.84. The van der Waals surface area contributed by atoms with Crippen LogP contribution in [0.4, 0.5) is 10.1 Å². The van der Waals surface area contributed by atoms with Gasteiger partial charge in [0, 0.05) is 5.75 Å². The van der Waals surface area contributed by atoms with Crippen LogP contribution in [0.1, 0.15) is 11.1 Å². The van der Waals surface area contributed by atoms with E-state index in [1.54, 1.807) is 0 Å². The Morgan fingerprint density at radius 2 is 2.05 bits per heavy atom. The molecule has 0 bridgehead atoms. The summed E-state index contributed by atoms with van der Waals surface area (Å²) < 4.78 is 12.9. The molecule has 0 spiro atoms. The molecular formula is C16H15ClFNOS. The Kier molecular flexibility index (Phi) is 5.65. The van der Waals surface area contributed by atoms with E-state index in [1.165, 1.54) is 41.1 Å². The van der Waals surface area contributed by atoms with Crippen LogP contribution in [0.5, 0.6) is 0 Å². The second-order valence-corrected chi connectivity index (χ2v) is 5.98. The number of hydrogen-bond acceptors (Lipinski definition) is 2. The zero-order valence-electron chi connectivity index (χ0n) is 11.5. The van der Waals surface area contributed by atoms with E-state index in [2.05, 4.69) is 11.4 Å². The Labute approximate surface area is 132 Å². The predicted octanol–water partition coefficient (Wildman–Crippen LogP) is 4.66. The molecule has 5 heteroatoms. The molecule has 0 fully saturated rings. The molecule has 0 saturated carbocycles. The molecule has 2 aromatic rings. The first-order chi connectivity index (χ1) is 10.1. The summed E-state index contributed by atoms with van der Waals surface area (Å²) in [4.78, 5) is 11.8. The molecule has 21 heavy (non-hydrogen) atoms. The van der Waals surface area contributed by atoms with E-state index in [0.29, 0.717) is 11.4 Å². The van der Waals surface area contributed by atoms with Gasteiger partial charge in [-0.15, -0.1) is 11.8 Å². The Morgan fingerprint density at radius 3 is 2.76 bits per heavy atom. The van der Waals surface area contributed by atoms with Crippen LogP contribution < -0.4 is 5.32 Å². The van der Waals surface area contributed by atoms with Crippen molar-refractivity contribution in [3.05, 3.63) is 64.4 Å². The van der Waals surface area contributed by atoms with Crippen molar-refractivity contribution in [2.24, 2.45) is 0 Å². The average molecular weight is 324 g/mol. The lowest BCUT2D eigenvalue weighted by atomic mass is 10.1. The molecule has 0 heterocycles. The van der Waals surface area contributed by atoms with E-state index in [1.807, 2.05) is 25.1 Å². The van der Waals surface area contributed by atoms with Crippen molar-refractivity contribution in [3.63, 3.8) is 0 Å². The van der Waals surface area contributed by atoms with Crippen LogP contribution in [0.2, 0.25) is 5.02 Å². The fraction of sp³-hybridized carbons (Fsp3) is 0.188. The highest BCUT2D eigenvalue weighted by molar-refractivity contribution is 7.99. The summed E-state index contributed by atoms with van der Waals surface area (Å²) in [5.74, 6) is 0.522. The maximum absolute atomic E-state index is 12.9. The number of nitrogens with one attached hydrogen (secondary N) is 1. The number of rotatable bonds is 5. The molecule has 2 rings (SSSR count). The monoisotopic (exact) mass is 323 g/mol. The lowest BCUT2D eigenvalue weighted by Gasteiger charge is -2.08. The van der Waals surface area contributed by atoms with Gasteiger partial charge in [-0.25, -0.2) is 4.39 Å². The summed E-state index contributed by atoms with van der Waals surface area (Å²) in [5, 5.41) is 2.88. The van der Waals surface area contributed by atoms with Crippen molar-refractivity contribution in [1.29, 1.82) is 0 Å². The summed E-state index contributed by atoms with van der Waals surface area (Å²) in [6.07, 6.45) is 0. The molecular weight excluding hydrogens is 309 g/mol. The molecule has 0 radical (unpaired) electrons. The number of amides is 1. The van der Waals surface area contributed by atoms with E-state index in [9.17, 15) is 9.18 Å². The quantitative estimate of drug-likeness (QED) is 0.867. The van der Waals surface area contributed by atoms with Gasteiger partial charge in [0.2, 0.25) is 5.91 Å². The van der Waals surface area contributed by atoms with Crippen LogP contribution in [0.25, 0.3) is 0 Å². The van der Waals surface area contributed by atoms with Gasteiger partial charge in [0.1, 0.15) is 5.82 Å². The zero-order chi connectivity index (χ0) is 15.2. The minimum absolute atomic E-state index is 0.151. The molecule has 0 aliphatic rings. The van der Waals surface area contributed by atoms with Gasteiger partial charge in [0.05, 0.1) is 16.5 Å². The first-order valence-corrected chi connectivity index (χ1v) is 7.96. The number of halogens is 2. The van der Waals surface area contributed by atoms with Crippen molar-refractivity contribution in [3.8, 4) is 0 Å². The maximum atomic E-state index is 12.9. The molecule has 2 aromatic carbocycles. The van der Waals surface area contributed by atoms with Gasteiger partial charge in [0.25, 0.3) is 0 Å². The van der Waals surface area contributed by atoms with Crippen LogP contribution in [0.15, 0.2) is 42.5 Å². The fourth-order valence-corrected chi connectivity index (χ4v) is 2.92. The standard InChI is InChI=1S/C16H15ClFNOS/c1-11-4-2-3-5-12(11)9-21-10-16(20)19-15-7-6-13(18)8-14(15)17/h2-8H,9-10H2,1H3,(H,19,20). The minimum atomic E-state index is -0.424. The Bertz CT molecular complexity index is 648. The summed E-state index contributed by atoms with van der Waals surface area (Å²) in [6.45, 7) is 2.05. The van der Waals surface area contributed by atoms with Crippen LogP contribution in [-0.2, 0) is 10.5 Å². The highest BCUT2D eigenvalue weighted by Crippen LogP contribution is 2.23. The second-order valence-electron chi connectivity index (χ2n) is 4.59. The average Bonchev–Trinajstić information content (AvgIpc) is 2.44. The summed E-state index contributed by atoms with van der Waals surface area (Å²) in [5.41, 5.74) is 2.86. The smallest absolute Gasteiger partial charge is 0.234 e. The number of carbonyl (C=O) groups is 1. The normalized spacial score (nSPS) is 10.4. The molecule has 0 aliphatic heterocycles. The molecule has 1 N–H and O–H groups in total. The third-order valence-corrected chi connectivity index (χ3v) is 4.25. The number of anilines is 1. The van der Waals surface area contributed by atoms with Crippen LogP contribution in [0.3, 0.4) is 0 Å². The lowest BCUT2D eigenvalue weighted by Crippen LogP contribution is -2.14. The molecule has 1 amide bonds. The summed E-state index contributed by atoms with van der Waals surface area (Å²) in [6, 6.07) is 12.0. The van der Waals surface area contributed by atoms with E-state index in [-0.39, 0.29) is 10.9 Å². The van der Waals surface area contributed by atoms with E-state index in [0.717, 1.165) is 5.75 Å². The summed E-state index contributed by atoms with van der Waals surface area (Å²) >= 11 is 7.39. The van der Waals surface area contributed by atoms with Crippen molar-refractivity contribution in [2.75, 3.05) is 11.1 Å². The lowest BCUT2D eigenvalue weighted by molar-refractivity contribution is -0.113. The van der Waals surface area contributed by atoms with Gasteiger partial charge in [-0.05, 0) is 36.2 Å². The fourth-order valence-electron chi connectivity index (χ4n) is 1.80. The number of benzene rings is 2. The molecule has 0 saturated heterocycles. The molecule has 2 nitrogen and oxygen atoms in total. The van der Waals surface area contributed by atoms with E-state index in [4.69, 9.17) is 11.6 Å². The van der Waals surface area contributed by atoms with Gasteiger partial charge in [-0.1, -0.05) is 35.9 Å². The zero-order valence-corrected chi connectivity index (χ0v) is 13.1. The third kappa shape index (κ3) is 4.76. The second kappa shape index (κ2) is 7.48. The van der Waals surface area contributed by atoms with Crippen LogP contribution in [-0.4, -0.2) is 11.7 Å². The SMILES string of the molecule is Cc1ccccc1CSCC(=O)Nc1ccc(F)cc1Cl. The minimum Gasteiger partial charge on any atom is -0.324 e. The third-order valence-electron chi connectivity index (χ3n) is 2.96. The topological polar surface area (TPSA) is 29.1 Å². The molecule has 0 atom stereocenters. The summed E-state index contributed by atoms with van der Waals surface area (Å²) in [7, 11) is 0. The number of carbonyl (C=O) groups excluding carboxylic acids is 1. The van der Waals surface area contributed by atoms with Gasteiger partial charge in [-0.2, -0.15) is 0 Å². The van der Waals surface area contributed by atoms with Gasteiger partial charge < -0.3 is 5.32 Å². The van der Waals surface area contributed by atoms with Crippen molar-refractivity contribution < 1.29 is 9.18 Å². The van der Waals surface area contributed by atoms with Gasteiger partial charge >= 0.3 is 0 Å². The first kappa shape index (κ1) is 15.9. The molecule has 0 aromatic heterocycles. The van der Waals surface area contributed by atoms with Crippen LogP contribution in [0, 0.1) is 12.7 Å². The highest BCUT2D eigenvalue weighted by Gasteiger charge is 2.07. The maximum Gasteiger partial charge on any atom is 0.234 e. The Morgan fingerprint density at radius 1 is 1.29 bits per heavy atom. The molecule has 0 aliphatic carbocycles. The number of hydrogen-bond donors (Lipinski definition) is 1. The van der Waals surface area contributed by atoms with Gasteiger partial charge in [0.15, 0.2) is 0 Å². The van der Waals surface area contributed by atoms with Gasteiger partial charge in [-0.3, -0.25) is 4.79 Å². The van der Waals surface area contributed by atoms with E-state index >= 15 is 0 Å². The number of aryl methyl sites for hydroxylation is 1. The van der Waals surface area contributed by atoms with Crippen LogP contribution >= 0.6 is 23.4 Å². The Hall–Kier alpha value is -1.52.